The van der Waals surface area contributed by atoms with E-state index in [0.717, 1.165) is 102 Å². The van der Waals surface area contributed by atoms with Crippen molar-refractivity contribution in [3.63, 3.8) is 0 Å². The number of phosphoric acid groups is 2. The number of ether oxygens (including phenoxy) is 4. The fourth-order valence-electron chi connectivity index (χ4n) is 12.0. The average Bonchev–Trinajstić information content (AvgIpc) is 1.69. The summed E-state index contributed by atoms with van der Waals surface area (Å²) in [6.07, 6.45) is 58.4. The van der Waals surface area contributed by atoms with Gasteiger partial charge >= 0.3 is 39.5 Å². The lowest BCUT2D eigenvalue weighted by atomic mass is 10.0. The van der Waals surface area contributed by atoms with E-state index in [1.807, 2.05) is 0 Å². The lowest BCUT2D eigenvalue weighted by Crippen LogP contribution is -2.30. The SMILES string of the molecule is CCCCCCCCCCCCCCCCCCCCCCCC(=O)O[C@H](COC(=O)CCCCCCCCCCCCCC(C)C)COP(=O)(O)OC[C@@H](O)COP(=O)(O)OC[C@@H](COC(=O)CCCCCCCCCC(C)C)OC(=O)CCCCCCCCCCCCCC. The summed E-state index contributed by atoms with van der Waals surface area (Å²) in [5.41, 5.74) is 0. The second-order valence-electron chi connectivity index (χ2n) is 29.1. The number of hydrogen-bond acceptors (Lipinski definition) is 15. The number of carbonyl (C=O) groups is 4. The van der Waals surface area contributed by atoms with Crippen molar-refractivity contribution < 1.29 is 80.2 Å². The minimum Gasteiger partial charge on any atom is -0.462 e. The summed E-state index contributed by atoms with van der Waals surface area (Å²) in [7, 11) is -9.91. The summed E-state index contributed by atoms with van der Waals surface area (Å²) in [4.78, 5) is 72.8. The number of hydrogen-bond donors (Lipinski definition) is 3. The first kappa shape index (κ1) is 95.1. The van der Waals surface area contributed by atoms with Gasteiger partial charge in [-0.2, -0.15) is 0 Å². The van der Waals surface area contributed by atoms with Crippen molar-refractivity contribution in [2.45, 2.75) is 426 Å². The zero-order chi connectivity index (χ0) is 71.4. The smallest absolute Gasteiger partial charge is 0.462 e. The maximum absolute atomic E-state index is 13.1. The molecule has 19 heteroatoms. The molecule has 0 fully saturated rings. The number of aliphatic hydroxyl groups is 1. The van der Waals surface area contributed by atoms with E-state index in [1.165, 1.54) is 218 Å². The van der Waals surface area contributed by atoms with E-state index < -0.39 is 97.5 Å². The van der Waals surface area contributed by atoms with E-state index in [-0.39, 0.29) is 25.7 Å². The second kappa shape index (κ2) is 69.8. The van der Waals surface area contributed by atoms with Gasteiger partial charge in [0.1, 0.15) is 19.3 Å². The minimum absolute atomic E-state index is 0.107. The molecule has 0 bridgehead atoms. The highest BCUT2D eigenvalue weighted by Gasteiger charge is 2.30. The summed E-state index contributed by atoms with van der Waals surface area (Å²) in [5, 5.41) is 10.6. The van der Waals surface area contributed by atoms with Crippen LogP contribution in [0.15, 0.2) is 0 Å². The molecule has 0 saturated heterocycles. The molecule has 0 saturated carbocycles. The highest BCUT2D eigenvalue weighted by molar-refractivity contribution is 7.47. The minimum atomic E-state index is -4.96. The average molecular weight is 1420 g/mol. The van der Waals surface area contributed by atoms with Crippen LogP contribution in [0.1, 0.15) is 408 Å². The van der Waals surface area contributed by atoms with Crippen molar-refractivity contribution in [3.05, 3.63) is 0 Å². The van der Waals surface area contributed by atoms with Gasteiger partial charge in [-0.25, -0.2) is 9.13 Å². The highest BCUT2D eigenvalue weighted by atomic mass is 31.2. The van der Waals surface area contributed by atoms with Crippen LogP contribution in [-0.4, -0.2) is 96.7 Å². The molecule has 0 aliphatic carbocycles. The van der Waals surface area contributed by atoms with Crippen LogP contribution in [0.5, 0.6) is 0 Å². The van der Waals surface area contributed by atoms with E-state index in [9.17, 15) is 43.2 Å². The summed E-state index contributed by atoms with van der Waals surface area (Å²) >= 11 is 0. The van der Waals surface area contributed by atoms with Crippen LogP contribution in [-0.2, 0) is 65.4 Å². The number of unbranched alkanes of at least 4 members (excludes halogenated alkanes) is 47. The first-order valence-corrected chi connectivity index (χ1v) is 43.5. The Morgan fingerprint density at radius 1 is 0.278 bits per heavy atom. The zero-order valence-electron chi connectivity index (χ0n) is 63.4. The third-order valence-corrected chi connectivity index (χ3v) is 20.1. The van der Waals surface area contributed by atoms with Crippen LogP contribution >= 0.6 is 15.6 Å². The van der Waals surface area contributed by atoms with Gasteiger partial charge in [0.15, 0.2) is 12.2 Å². The maximum Gasteiger partial charge on any atom is 0.472 e. The van der Waals surface area contributed by atoms with Gasteiger partial charge in [-0.15, -0.1) is 0 Å². The molecular weight excluding hydrogens is 1270 g/mol. The van der Waals surface area contributed by atoms with Gasteiger partial charge in [0.05, 0.1) is 26.4 Å². The summed E-state index contributed by atoms with van der Waals surface area (Å²) in [5.74, 6) is -0.638. The van der Waals surface area contributed by atoms with Gasteiger partial charge < -0.3 is 33.8 Å². The molecule has 0 heterocycles. The molecule has 0 aromatic carbocycles. The van der Waals surface area contributed by atoms with Crippen LogP contribution in [0.4, 0.5) is 0 Å². The van der Waals surface area contributed by atoms with Crippen molar-refractivity contribution in [1.29, 1.82) is 0 Å². The molecule has 0 aromatic heterocycles. The molecule has 3 N–H and O–H groups in total. The fourth-order valence-corrected chi connectivity index (χ4v) is 13.6. The lowest BCUT2D eigenvalue weighted by Gasteiger charge is -2.21. The molecule has 0 aliphatic heterocycles. The Bertz CT molecular complexity index is 1870. The van der Waals surface area contributed by atoms with Crippen molar-refractivity contribution >= 4 is 39.5 Å². The van der Waals surface area contributed by atoms with E-state index in [4.69, 9.17) is 37.0 Å². The number of rotatable bonds is 77. The zero-order valence-corrected chi connectivity index (χ0v) is 65.2. The largest absolute Gasteiger partial charge is 0.472 e. The Labute approximate surface area is 594 Å². The van der Waals surface area contributed by atoms with Crippen molar-refractivity contribution in [3.8, 4) is 0 Å². The molecule has 0 rings (SSSR count). The van der Waals surface area contributed by atoms with E-state index in [1.54, 1.807) is 0 Å². The highest BCUT2D eigenvalue weighted by Crippen LogP contribution is 2.45. The van der Waals surface area contributed by atoms with Gasteiger partial charge in [-0.1, -0.05) is 356 Å². The summed E-state index contributed by atoms with van der Waals surface area (Å²) in [6.45, 7) is 9.55. The first-order chi connectivity index (χ1) is 46.9. The van der Waals surface area contributed by atoms with Gasteiger partial charge in [0.25, 0.3) is 0 Å². The van der Waals surface area contributed by atoms with Crippen LogP contribution in [0, 0.1) is 11.8 Å². The van der Waals surface area contributed by atoms with Gasteiger partial charge in [-0.3, -0.25) is 37.3 Å². The third kappa shape index (κ3) is 72.2. The van der Waals surface area contributed by atoms with E-state index in [0.29, 0.717) is 31.6 Å². The summed E-state index contributed by atoms with van der Waals surface area (Å²) < 4.78 is 68.6. The Morgan fingerprint density at radius 3 is 0.701 bits per heavy atom. The monoisotopic (exact) mass is 1420 g/mol. The lowest BCUT2D eigenvalue weighted by molar-refractivity contribution is -0.161. The Morgan fingerprint density at radius 2 is 0.474 bits per heavy atom. The number of carbonyl (C=O) groups excluding carboxylic acids is 4. The molecule has 0 amide bonds. The molecule has 97 heavy (non-hydrogen) atoms. The van der Waals surface area contributed by atoms with Crippen LogP contribution in [0.2, 0.25) is 0 Å². The Kier molecular flexibility index (Phi) is 68.4. The molecule has 0 radical (unpaired) electrons. The van der Waals surface area contributed by atoms with Crippen LogP contribution < -0.4 is 0 Å². The molecule has 0 spiro atoms. The van der Waals surface area contributed by atoms with Gasteiger partial charge in [0, 0.05) is 25.7 Å². The molecular formula is C78H152O17P2. The third-order valence-electron chi connectivity index (χ3n) is 18.2. The fraction of sp³-hybridized carbons (Fsp3) is 0.949. The molecule has 5 atom stereocenters. The van der Waals surface area contributed by atoms with E-state index in [2.05, 4.69) is 41.5 Å². The molecule has 2 unspecified atom stereocenters. The maximum atomic E-state index is 13.1. The number of esters is 4. The summed E-state index contributed by atoms with van der Waals surface area (Å²) in [6, 6.07) is 0. The number of aliphatic hydroxyl groups excluding tert-OH is 1. The van der Waals surface area contributed by atoms with Crippen molar-refractivity contribution in [1.82, 2.24) is 0 Å². The topological polar surface area (TPSA) is 237 Å². The molecule has 576 valence electrons. The van der Waals surface area contributed by atoms with Gasteiger partial charge in [-0.05, 0) is 37.5 Å². The Hall–Kier alpha value is -1.94. The molecule has 17 nitrogen and oxygen atoms in total. The molecule has 0 aliphatic rings. The predicted octanol–water partition coefficient (Wildman–Crippen LogP) is 23.1. The van der Waals surface area contributed by atoms with Crippen LogP contribution in [0.3, 0.4) is 0 Å². The van der Waals surface area contributed by atoms with Gasteiger partial charge in [0.2, 0.25) is 0 Å². The number of phosphoric ester groups is 2. The molecule has 0 aromatic rings. The Balaban J connectivity index is 5.21. The first-order valence-electron chi connectivity index (χ1n) is 40.5. The van der Waals surface area contributed by atoms with E-state index >= 15 is 0 Å². The van der Waals surface area contributed by atoms with Crippen LogP contribution in [0.25, 0.3) is 0 Å². The standard InChI is InChI=1S/C78H152O17P2/c1-7-9-11-13-15-17-19-21-22-23-24-25-26-27-28-29-33-38-44-51-57-63-78(83)94-73(66-88-75(80)60-54-48-42-36-34-30-31-35-40-46-52-58-70(3)4)68-92-96(84,85)90-64-72(79)65-91-97(86,87)93-69-74(67-89-76(81)61-55-49-45-39-41-47-53-59-71(5)6)95-77(82)62-56-50-43-37-32-20-18-16-14-12-10-8-2/h70-74,79H,7-69H2,1-6H3,(H,84,85)(H,86,87)/t72-,73-,74-/m1/s1. The van der Waals surface area contributed by atoms with Crippen molar-refractivity contribution in [2.75, 3.05) is 39.6 Å². The predicted molar refractivity (Wildman–Crippen MR) is 395 cm³/mol. The second-order valence-corrected chi connectivity index (χ2v) is 32.0. The normalized spacial score (nSPS) is 14.0. The quantitative estimate of drug-likeness (QED) is 0.0222. The van der Waals surface area contributed by atoms with Crippen molar-refractivity contribution in [2.24, 2.45) is 11.8 Å².